The number of amides is 1. The van der Waals surface area contributed by atoms with Crippen molar-refractivity contribution >= 4 is 6.09 Å². The Labute approximate surface area is 111 Å². The SMILES string of the molecule is O=C(O)NCCc1cccc(-c2ccc(O)cc2)c1. The van der Waals surface area contributed by atoms with E-state index in [9.17, 15) is 9.90 Å². The van der Waals surface area contributed by atoms with Crippen molar-refractivity contribution in [1.82, 2.24) is 5.32 Å². The summed E-state index contributed by atoms with van der Waals surface area (Å²) in [6, 6.07) is 14.9. The molecule has 0 unspecified atom stereocenters. The van der Waals surface area contributed by atoms with Crippen molar-refractivity contribution in [1.29, 1.82) is 0 Å². The second-order valence-electron chi connectivity index (χ2n) is 4.23. The van der Waals surface area contributed by atoms with Gasteiger partial charge in [0.2, 0.25) is 0 Å². The van der Waals surface area contributed by atoms with Gasteiger partial charge in [-0.1, -0.05) is 36.4 Å². The van der Waals surface area contributed by atoms with Crippen molar-refractivity contribution in [3.8, 4) is 16.9 Å². The molecule has 0 saturated carbocycles. The van der Waals surface area contributed by atoms with E-state index < -0.39 is 6.09 Å². The first kappa shape index (κ1) is 13.0. The summed E-state index contributed by atoms with van der Waals surface area (Å²) in [5, 5.41) is 20.1. The Morgan fingerprint density at radius 2 is 1.79 bits per heavy atom. The minimum Gasteiger partial charge on any atom is -0.508 e. The number of rotatable bonds is 4. The van der Waals surface area contributed by atoms with Crippen LogP contribution in [0.1, 0.15) is 5.56 Å². The van der Waals surface area contributed by atoms with Crippen molar-refractivity contribution in [2.24, 2.45) is 0 Å². The Bertz CT molecular complexity index is 564. The molecule has 0 radical (unpaired) electrons. The zero-order valence-electron chi connectivity index (χ0n) is 10.3. The van der Waals surface area contributed by atoms with Gasteiger partial charge in [0.05, 0.1) is 0 Å². The molecule has 4 nitrogen and oxygen atoms in total. The maximum atomic E-state index is 10.4. The Kier molecular flexibility index (Phi) is 4.03. The number of hydrogen-bond acceptors (Lipinski definition) is 2. The highest BCUT2D eigenvalue weighted by Gasteiger charge is 2.01. The molecule has 0 heterocycles. The average Bonchev–Trinajstić information content (AvgIpc) is 2.39. The second-order valence-corrected chi connectivity index (χ2v) is 4.23. The zero-order chi connectivity index (χ0) is 13.7. The first-order chi connectivity index (χ1) is 9.15. The van der Waals surface area contributed by atoms with Gasteiger partial charge in [0.25, 0.3) is 0 Å². The van der Waals surface area contributed by atoms with Gasteiger partial charge in [0.1, 0.15) is 5.75 Å². The number of phenols is 1. The van der Waals surface area contributed by atoms with E-state index in [0.717, 1.165) is 16.7 Å². The molecule has 4 heteroatoms. The van der Waals surface area contributed by atoms with Crippen LogP contribution in [0.15, 0.2) is 48.5 Å². The quantitative estimate of drug-likeness (QED) is 0.788. The summed E-state index contributed by atoms with van der Waals surface area (Å²) in [6.45, 7) is 0.397. The zero-order valence-corrected chi connectivity index (χ0v) is 10.3. The molecule has 1 amide bonds. The monoisotopic (exact) mass is 257 g/mol. The predicted molar refractivity (Wildman–Crippen MR) is 73.3 cm³/mol. The Balaban J connectivity index is 2.10. The lowest BCUT2D eigenvalue weighted by atomic mass is 10.0. The van der Waals surface area contributed by atoms with Gasteiger partial charge in [-0.2, -0.15) is 0 Å². The number of aromatic hydroxyl groups is 1. The molecule has 0 aliphatic carbocycles. The fraction of sp³-hybridized carbons (Fsp3) is 0.133. The summed E-state index contributed by atoms with van der Waals surface area (Å²) in [5.74, 6) is 0.241. The molecule has 19 heavy (non-hydrogen) atoms. The molecule has 0 fully saturated rings. The summed E-state index contributed by atoms with van der Waals surface area (Å²) in [4.78, 5) is 10.4. The van der Waals surface area contributed by atoms with Gasteiger partial charge in [-0.3, -0.25) is 0 Å². The normalized spacial score (nSPS) is 10.1. The summed E-state index contributed by atoms with van der Waals surface area (Å²) in [7, 11) is 0. The third-order valence-corrected chi connectivity index (χ3v) is 2.82. The van der Waals surface area contributed by atoms with Crippen LogP contribution < -0.4 is 5.32 Å². The van der Waals surface area contributed by atoms with Crippen LogP contribution >= 0.6 is 0 Å². The van der Waals surface area contributed by atoms with E-state index in [0.29, 0.717) is 13.0 Å². The summed E-state index contributed by atoms with van der Waals surface area (Å²) in [5.41, 5.74) is 3.14. The summed E-state index contributed by atoms with van der Waals surface area (Å²) in [6.07, 6.45) is -0.354. The lowest BCUT2D eigenvalue weighted by Gasteiger charge is -2.06. The van der Waals surface area contributed by atoms with Crippen molar-refractivity contribution in [2.45, 2.75) is 6.42 Å². The van der Waals surface area contributed by atoms with Crippen LogP contribution in [0.2, 0.25) is 0 Å². The van der Waals surface area contributed by atoms with E-state index in [1.54, 1.807) is 12.1 Å². The molecular weight excluding hydrogens is 242 g/mol. The van der Waals surface area contributed by atoms with Crippen LogP contribution in [0, 0.1) is 0 Å². The molecule has 98 valence electrons. The lowest BCUT2D eigenvalue weighted by Crippen LogP contribution is -2.23. The Morgan fingerprint density at radius 1 is 1.05 bits per heavy atom. The molecule has 0 aliphatic rings. The van der Waals surface area contributed by atoms with E-state index in [1.165, 1.54) is 0 Å². The standard InChI is InChI=1S/C15H15NO3/c17-14-6-4-12(5-7-14)13-3-1-2-11(10-13)8-9-16-15(18)19/h1-7,10,16-17H,8-9H2,(H,18,19). The Hall–Kier alpha value is -2.49. The third-order valence-electron chi connectivity index (χ3n) is 2.82. The third kappa shape index (κ3) is 3.74. The van der Waals surface area contributed by atoms with Gasteiger partial charge in [0.15, 0.2) is 0 Å². The van der Waals surface area contributed by atoms with Gasteiger partial charge in [-0.05, 0) is 35.2 Å². The molecule has 0 atom stereocenters. The van der Waals surface area contributed by atoms with Crippen molar-refractivity contribution in [2.75, 3.05) is 6.54 Å². The number of benzene rings is 2. The number of carbonyl (C=O) groups is 1. The highest BCUT2D eigenvalue weighted by molar-refractivity contribution is 5.65. The van der Waals surface area contributed by atoms with E-state index in [2.05, 4.69) is 5.32 Å². The summed E-state index contributed by atoms with van der Waals surface area (Å²) < 4.78 is 0. The van der Waals surface area contributed by atoms with Crippen LogP contribution in [0.3, 0.4) is 0 Å². The van der Waals surface area contributed by atoms with Crippen LogP contribution in [0.4, 0.5) is 4.79 Å². The fourth-order valence-electron chi connectivity index (χ4n) is 1.87. The molecule has 2 aromatic carbocycles. The lowest BCUT2D eigenvalue weighted by molar-refractivity contribution is 0.194. The van der Waals surface area contributed by atoms with E-state index in [1.807, 2.05) is 36.4 Å². The van der Waals surface area contributed by atoms with Crippen molar-refractivity contribution in [3.63, 3.8) is 0 Å². The first-order valence-corrected chi connectivity index (χ1v) is 6.00. The molecule has 0 bridgehead atoms. The highest BCUT2D eigenvalue weighted by Crippen LogP contribution is 2.22. The van der Waals surface area contributed by atoms with E-state index in [-0.39, 0.29) is 5.75 Å². The van der Waals surface area contributed by atoms with Gasteiger partial charge < -0.3 is 15.5 Å². The van der Waals surface area contributed by atoms with Gasteiger partial charge in [-0.15, -0.1) is 0 Å². The fourth-order valence-corrected chi connectivity index (χ4v) is 1.87. The van der Waals surface area contributed by atoms with Crippen LogP contribution in [0.25, 0.3) is 11.1 Å². The van der Waals surface area contributed by atoms with Gasteiger partial charge >= 0.3 is 6.09 Å². The highest BCUT2D eigenvalue weighted by atomic mass is 16.4. The maximum absolute atomic E-state index is 10.4. The number of phenolic OH excluding ortho intramolecular Hbond substituents is 1. The molecule has 0 saturated heterocycles. The molecule has 0 spiro atoms. The number of carboxylic acid groups (broad SMARTS) is 1. The smallest absolute Gasteiger partial charge is 0.404 e. The van der Waals surface area contributed by atoms with Gasteiger partial charge in [-0.25, -0.2) is 4.79 Å². The molecule has 3 N–H and O–H groups in total. The average molecular weight is 257 g/mol. The second kappa shape index (κ2) is 5.91. The van der Waals surface area contributed by atoms with Gasteiger partial charge in [0, 0.05) is 6.54 Å². The molecule has 0 aliphatic heterocycles. The van der Waals surface area contributed by atoms with Crippen molar-refractivity contribution < 1.29 is 15.0 Å². The predicted octanol–water partition coefficient (Wildman–Crippen LogP) is 2.87. The molecule has 0 aromatic heterocycles. The number of nitrogens with one attached hydrogen (secondary N) is 1. The maximum Gasteiger partial charge on any atom is 0.404 e. The molecular formula is C15H15NO3. The van der Waals surface area contributed by atoms with Crippen LogP contribution in [0.5, 0.6) is 5.75 Å². The summed E-state index contributed by atoms with van der Waals surface area (Å²) >= 11 is 0. The topological polar surface area (TPSA) is 69.6 Å². The van der Waals surface area contributed by atoms with E-state index in [4.69, 9.17) is 5.11 Å². The minimum absolute atomic E-state index is 0.241. The largest absolute Gasteiger partial charge is 0.508 e. The minimum atomic E-state index is -1.00. The van der Waals surface area contributed by atoms with Crippen molar-refractivity contribution in [3.05, 3.63) is 54.1 Å². The molecule has 2 aromatic rings. The van der Waals surface area contributed by atoms with Crippen LogP contribution in [-0.4, -0.2) is 22.9 Å². The van der Waals surface area contributed by atoms with Crippen LogP contribution in [-0.2, 0) is 6.42 Å². The Morgan fingerprint density at radius 3 is 2.47 bits per heavy atom. The molecule has 2 rings (SSSR count). The number of hydrogen-bond donors (Lipinski definition) is 3. The van der Waals surface area contributed by atoms with E-state index >= 15 is 0 Å². The first-order valence-electron chi connectivity index (χ1n) is 6.00.